The van der Waals surface area contributed by atoms with Crippen molar-refractivity contribution in [3.05, 3.63) is 47.8 Å². The minimum Gasteiger partial charge on any atom is -0.364 e. The van der Waals surface area contributed by atoms with Crippen molar-refractivity contribution in [2.24, 2.45) is 0 Å². The van der Waals surface area contributed by atoms with E-state index >= 15 is 0 Å². The van der Waals surface area contributed by atoms with Gasteiger partial charge in [0.05, 0.1) is 0 Å². The van der Waals surface area contributed by atoms with Crippen molar-refractivity contribution >= 4 is 17.5 Å². The van der Waals surface area contributed by atoms with Crippen LogP contribution in [-0.4, -0.2) is 16.1 Å². The monoisotopic (exact) mass is 288 g/mol. The molecule has 21 heavy (non-hydrogen) atoms. The number of rotatable bonds is 6. The van der Waals surface area contributed by atoms with E-state index < -0.39 is 0 Å². The summed E-state index contributed by atoms with van der Waals surface area (Å²) in [6, 6.07) is 9.88. The quantitative estimate of drug-likeness (QED) is 0.857. The van der Waals surface area contributed by atoms with Crippen LogP contribution in [0.25, 0.3) is 0 Å². The first kappa shape index (κ1) is 14.9. The summed E-state index contributed by atoms with van der Waals surface area (Å²) in [5.41, 5.74) is 0.555. The van der Waals surface area contributed by atoms with Gasteiger partial charge in [0.2, 0.25) is 5.91 Å². The Bertz CT molecular complexity index is 601. The molecule has 0 saturated heterocycles. The predicted molar refractivity (Wildman–Crippen MR) is 79.3 cm³/mol. The number of anilines is 2. The number of hydrogen-bond donors (Lipinski definition) is 2. The normalized spacial score (nSPS) is 10.2. The fraction of sp³-hybridized carbons (Fsp3) is 0.267. The Morgan fingerprint density at radius 3 is 2.52 bits per heavy atom. The van der Waals surface area contributed by atoms with Crippen LogP contribution in [0.3, 0.4) is 0 Å². The molecule has 1 aromatic heterocycles. The molecule has 0 fully saturated rings. The Hall–Kier alpha value is -2.50. The van der Waals surface area contributed by atoms with Gasteiger partial charge in [0.25, 0.3) is 0 Å². The van der Waals surface area contributed by atoms with Gasteiger partial charge in [0.15, 0.2) is 5.82 Å². The molecule has 0 radical (unpaired) electrons. The average Bonchev–Trinajstić information content (AvgIpc) is 2.48. The number of amides is 1. The number of benzene rings is 1. The minimum atomic E-state index is -0.263. The second kappa shape index (κ2) is 7.33. The van der Waals surface area contributed by atoms with Gasteiger partial charge in [0.1, 0.15) is 11.6 Å². The summed E-state index contributed by atoms with van der Waals surface area (Å²) >= 11 is 0. The Morgan fingerprint density at radius 1 is 1.14 bits per heavy atom. The van der Waals surface area contributed by atoms with Gasteiger partial charge in [-0.1, -0.05) is 25.1 Å². The van der Waals surface area contributed by atoms with E-state index in [2.05, 4.69) is 20.8 Å². The fourth-order valence-corrected chi connectivity index (χ4v) is 1.75. The van der Waals surface area contributed by atoms with Crippen molar-refractivity contribution in [2.75, 3.05) is 10.6 Å². The van der Waals surface area contributed by atoms with Gasteiger partial charge in [-0.2, -0.15) is 0 Å². The number of halogens is 1. The maximum atomic E-state index is 13.4. The van der Waals surface area contributed by atoms with Crippen LogP contribution in [0, 0.1) is 5.82 Å². The summed E-state index contributed by atoms with van der Waals surface area (Å²) in [5.74, 6) is 0.580. The van der Waals surface area contributed by atoms with Crippen molar-refractivity contribution in [2.45, 2.75) is 26.3 Å². The minimum absolute atomic E-state index is 0.0844. The summed E-state index contributed by atoms with van der Waals surface area (Å²) in [5, 5.41) is 13.5. The lowest BCUT2D eigenvalue weighted by atomic mass is 10.2. The van der Waals surface area contributed by atoms with Crippen molar-refractivity contribution < 1.29 is 9.18 Å². The first-order valence-corrected chi connectivity index (χ1v) is 6.80. The Kier molecular flexibility index (Phi) is 5.20. The van der Waals surface area contributed by atoms with Gasteiger partial charge in [-0.05, 0) is 24.6 Å². The van der Waals surface area contributed by atoms with E-state index in [-0.39, 0.29) is 11.7 Å². The van der Waals surface area contributed by atoms with Crippen LogP contribution in [0.1, 0.15) is 25.3 Å². The molecule has 2 N–H and O–H groups in total. The first-order valence-electron chi connectivity index (χ1n) is 6.80. The molecule has 2 aromatic rings. The smallest absolute Gasteiger partial charge is 0.225 e. The van der Waals surface area contributed by atoms with Crippen molar-refractivity contribution in [3.8, 4) is 0 Å². The topological polar surface area (TPSA) is 66.9 Å². The van der Waals surface area contributed by atoms with Crippen molar-refractivity contribution in [1.29, 1.82) is 0 Å². The van der Waals surface area contributed by atoms with E-state index in [9.17, 15) is 9.18 Å². The third-order valence-corrected chi connectivity index (χ3v) is 2.83. The Balaban J connectivity index is 1.91. The van der Waals surface area contributed by atoms with Gasteiger partial charge >= 0.3 is 0 Å². The number of aromatic nitrogens is 2. The molecule has 2 rings (SSSR count). The van der Waals surface area contributed by atoms with Crippen LogP contribution in [0.4, 0.5) is 16.0 Å². The van der Waals surface area contributed by atoms with Crippen LogP contribution in [-0.2, 0) is 11.3 Å². The standard InChI is InChI=1S/C15H17FN4O/c1-2-5-15(21)18-14-9-8-13(19-20-14)17-10-11-6-3-4-7-12(11)16/h3-4,6-9H,2,5,10H2,1H3,(H,17,19)(H,18,20,21). The molecule has 1 aromatic carbocycles. The second-order valence-electron chi connectivity index (χ2n) is 4.55. The second-order valence-corrected chi connectivity index (χ2v) is 4.55. The van der Waals surface area contributed by atoms with E-state index in [1.54, 1.807) is 30.3 Å². The van der Waals surface area contributed by atoms with Gasteiger partial charge in [-0.3, -0.25) is 4.79 Å². The zero-order valence-corrected chi connectivity index (χ0v) is 11.8. The highest BCUT2D eigenvalue weighted by Crippen LogP contribution is 2.11. The number of nitrogens with one attached hydrogen (secondary N) is 2. The van der Waals surface area contributed by atoms with Crippen molar-refractivity contribution in [3.63, 3.8) is 0 Å². The van der Waals surface area contributed by atoms with Crippen LogP contribution in [0.5, 0.6) is 0 Å². The van der Waals surface area contributed by atoms with Gasteiger partial charge in [-0.15, -0.1) is 10.2 Å². The van der Waals surface area contributed by atoms with Crippen LogP contribution < -0.4 is 10.6 Å². The first-order chi connectivity index (χ1) is 10.2. The molecule has 5 nitrogen and oxygen atoms in total. The summed E-state index contributed by atoms with van der Waals surface area (Å²) in [6.07, 6.45) is 1.23. The van der Waals surface area contributed by atoms with E-state index in [0.717, 1.165) is 6.42 Å². The lowest BCUT2D eigenvalue weighted by Gasteiger charge is -2.07. The third kappa shape index (κ3) is 4.52. The van der Waals surface area contributed by atoms with Gasteiger partial charge in [0, 0.05) is 18.5 Å². The molecule has 6 heteroatoms. The average molecular weight is 288 g/mol. The zero-order valence-electron chi connectivity index (χ0n) is 11.8. The number of hydrogen-bond acceptors (Lipinski definition) is 4. The summed E-state index contributed by atoms with van der Waals surface area (Å²) in [7, 11) is 0. The number of carbonyl (C=O) groups is 1. The fourth-order valence-electron chi connectivity index (χ4n) is 1.75. The van der Waals surface area contributed by atoms with Crippen LogP contribution >= 0.6 is 0 Å². The molecule has 0 bridgehead atoms. The van der Waals surface area contributed by atoms with E-state index in [1.807, 2.05) is 6.92 Å². The van der Waals surface area contributed by atoms with E-state index in [0.29, 0.717) is 30.2 Å². The molecular weight excluding hydrogens is 271 g/mol. The largest absolute Gasteiger partial charge is 0.364 e. The van der Waals surface area contributed by atoms with Crippen LogP contribution in [0.15, 0.2) is 36.4 Å². The predicted octanol–water partition coefficient (Wildman–Crippen LogP) is 2.97. The zero-order chi connectivity index (χ0) is 15.1. The molecule has 110 valence electrons. The highest BCUT2D eigenvalue weighted by atomic mass is 19.1. The highest BCUT2D eigenvalue weighted by molar-refractivity contribution is 5.89. The molecule has 1 heterocycles. The molecule has 0 atom stereocenters. The summed E-state index contributed by atoms with van der Waals surface area (Å²) < 4.78 is 13.4. The molecule has 0 unspecified atom stereocenters. The lowest BCUT2D eigenvalue weighted by Crippen LogP contribution is -2.12. The number of nitrogens with zero attached hydrogens (tertiary/aromatic N) is 2. The molecule has 0 saturated carbocycles. The highest BCUT2D eigenvalue weighted by Gasteiger charge is 2.04. The summed E-state index contributed by atoms with van der Waals surface area (Å²) in [4.78, 5) is 11.4. The maximum Gasteiger partial charge on any atom is 0.225 e. The molecule has 1 amide bonds. The molecular formula is C15H17FN4O. The molecule has 0 aliphatic rings. The number of carbonyl (C=O) groups excluding carboxylic acids is 1. The third-order valence-electron chi connectivity index (χ3n) is 2.83. The SMILES string of the molecule is CCCC(=O)Nc1ccc(NCc2ccccc2F)nn1. The van der Waals surface area contributed by atoms with Gasteiger partial charge in [-0.25, -0.2) is 4.39 Å². The molecule has 0 spiro atoms. The molecule has 0 aliphatic carbocycles. The van der Waals surface area contributed by atoms with E-state index in [1.165, 1.54) is 6.07 Å². The van der Waals surface area contributed by atoms with Crippen molar-refractivity contribution in [1.82, 2.24) is 10.2 Å². The lowest BCUT2D eigenvalue weighted by molar-refractivity contribution is -0.116. The summed E-state index contributed by atoms with van der Waals surface area (Å²) in [6.45, 7) is 2.25. The molecule has 0 aliphatic heterocycles. The Labute approximate surface area is 122 Å². The maximum absolute atomic E-state index is 13.4. The van der Waals surface area contributed by atoms with Gasteiger partial charge < -0.3 is 10.6 Å². The van der Waals surface area contributed by atoms with E-state index in [4.69, 9.17) is 0 Å². The Morgan fingerprint density at radius 2 is 1.86 bits per heavy atom. The van der Waals surface area contributed by atoms with Crippen LogP contribution in [0.2, 0.25) is 0 Å².